The molecule has 0 spiro atoms. The van der Waals surface area contributed by atoms with Crippen LogP contribution in [-0.2, 0) is 0 Å². The van der Waals surface area contributed by atoms with E-state index < -0.39 is 5.82 Å². The molecule has 0 fully saturated rings. The molecule has 0 bridgehead atoms. The first-order chi connectivity index (χ1) is 6.06. The molecular formula is C9H10FNO2. The normalized spacial score (nSPS) is 9.77. The number of hydrogen-bond donors (Lipinski definition) is 1. The number of anilines is 1. The molecule has 0 saturated heterocycles. The van der Waals surface area contributed by atoms with Crippen LogP contribution in [-0.4, -0.2) is 12.9 Å². The van der Waals surface area contributed by atoms with Gasteiger partial charge in [-0.05, 0) is 13.0 Å². The van der Waals surface area contributed by atoms with Gasteiger partial charge in [0.1, 0.15) is 5.82 Å². The topological polar surface area (TPSA) is 52.3 Å². The summed E-state index contributed by atoms with van der Waals surface area (Å²) >= 11 is 0. The SMILES string of the molecule is COc1c(N)cc(F)cc1C(C)=O. The van der Waals surface area contributed by atoms with Crippen molar-refractivity contribution in [2.75, 3.05) is 12.8 Å². The van der Waals surface area contributed by atoms with Crippen molar-refractivity contribution in [3.05, 3.63) is 23.5 Å². The van der Waals surface area contributed by atoms with Crippen molar-refractivity contribution >= 4 is 11.5 Å². The van der Waals surface area contributed by atoms with Crippen LogP contribution in [0.4, 0.5) is 10.1 Å². The van der Waals surface area contributed by atoms with E-state index in [9.17, 15) is 9.18 Å². The molecule has 1 rings (SSSR count). The summed E-state index contributed by atoms with van der Waals surface area (Å²) in [5, 5.41) is 0. The Hall–Kier alpha value is -1.58. The van der Waals surface area contributed by atoms with Gasteiger partial charge in [0.2, 0.25) is 0 Å². The lowest BCUT2D eigenvalue weighted by Crippen LogP contribution is -2.02. The van der Waals surface area contributed by atoms with Crippen LogP contribution in [0, 0.1) is 5.82 Å². The first kappa shape index (κ1) is 9.51. The van der Waals surface area contributed by atoms with E-state index in [1.165, 1.54) is 14.0 Å². The smallest absolute Gasteiger partial charge is 0.163 e. The third-order valence-corrected chi connectivity index (χ3v) is 1.67. The van der Waals surface area contributed by atoms with Crippen molar-refractivity contribution in [3.8, 4) is 5.75 Å². The number of nitrogens with two attached hydrogens (primary N) is 1. The zero-order valence-electron chi connectivity index (χ0n) is 7.43. The second-order valence-corrected chi connectivity index (χ2v) is 2.63. The molecule has 0 saturated carbocycles. The van der Waals surface area contributed by atoms with Crippen LogP contribution < -0.4 is 10.5 Å². The first-order valence-corrected chi connectivity index (χ1v) is 3.70. The Morgan fingerprint density at radius 1 is 1.54 bits per heavy atom. The largest absolute Gasteiger partial charge is 0.494 e. The third kappa shape index (κ3) is 1.77. The molecule has 70 valence electrons. The minimum Gasteiger partial charge on any atom is -0.494 e. The summed E-state index contributed by atoms with van der Waals surface area (Å²) in [7, 11) is 1.38. The Balaban J connectivity index is 3.38. The summed E-state index contributed by atoms with van der Waals surface area (Å²) in [6.45, 7) is 1.33. The van der Waals surface area contributed by atoms with E-state index in [1.54, 1.807) is 0 Å². The van der Waals surface area contributed by atoms with E-state index in [0.717, 1.165) is 12.1 Å². The molecule has 0 aliphatic heterocycles. The number of rotatable bonds is 2. The van der Waals surface area contributed by atoms with Gasteiger partial charge in [-0.25, -0.2) is 4.39 Å². The van der Waals surface area contributed by atoms with Gasteiger partial charge in [0.05, 0.1) is 18.4 Å². The van der Waals surface area contributed by atoms with Crippen molar-refractivity contribution in [2.24, 2.45) is 0 Å². The molecule has 0 unspecified atom stereocenters. The van der Waals surface area contributed by atoms with Gasteiger partial charge in [0.15, 0.2) is 11.5 Å². The van der Waals surface area contributed by atoms with E-state index in [1.807, 2.05) is 0 Å². The van der Waals surface area contributed by atoms with E-state index in [2.05, 4.69) is 0 Å². The van der Waals surface area contributed by atoms with Gasteiger partial charge < -0.3 is 10.5 Å². The molecule has 0 atom stereocenters. The molecule has 3 nitrogen and oxygen atoms in total. The number of halogens is 1. The van der Waals surface area contributed by atoms with Gasteiger partial charge >= 0.3 is 0 Å². The van der Waals surface area contributed by atoms with Crippen LogP contribution in [0.1, 0.15) is 17.3 Å². The average molecular weight is 183 g/mol. The van der Waals surface area contributed by atoms with Crippen LogP contribution in [0.25, 0.3) is 0 Å². The second-order valence-electron chi connectivity index (χ2n) is 2.63. The van der Waals surface area contributed by atoms with Crippen LogP contribution in [0.3, 0.4) is 0 Å². The molecule has 0 aliphatic carbocycles. The number of hydrogen-bond acceptors (Lipinski definition) is 3. The minimum atomic E-state index is -0.538. The lowest BCUT2D eigenvalue weighted by molar-refractivity contribution is 0.101. The number of Topliss-reactive ketones (excluding diaryl/α,β-unsaturated/α-hetero) is 1. The maximum absolute atomic E-state index is 12.8. The predicted octanol–water partition coefficient (Wildman–Crippen LogP) is 1.62. The molecule has 1 aromatic carbocycles. The van der Waals surface area contributed by atoms with E-state index in [4.69, 9.17) is 10.5 Å². The number of methoxy groups -OCH3 is 1. The summed E-state index contributed by atoms with van der Waals surface area (Å²) < 4.78 is 17.7. The molecule has 0 aromatic heterocycles. The predicted molar refractivity (Wildman–Crippen MR) is 47.4 cm³/mol. The van der Waals surface area contributed by atoms with Crippen LogP contribution in [0.2, 0.25) is 0 Å². The van der Waals surface area contributed by atoms with E-state index in [-0.39, 0.29) is 22.8 Å². The summed E-state index contributed by atoms with van der Waals surface area (Å²) in [6.07, 6.45) is 0. The Kier molecular flexibility index (Phi) is 2.51. The number of carbonyl (C=O) groups is 1. The van der Waals surface area contributed by atoms with Crippen molar-refractivity contribution in [1.29, 1.82) is 0 Å². The Morgan fingerprint density at radius 3 is 2.62 bits per heavy atom. The maximum atomic E-state index is 12.8. The standard InChI is InChI=1S/C9H10FNO2/c1-5(12)7-3-6(10)4-8(11)9(7)13-2/h3-4H,11H2,1-2H3. The lowest BCUT2D eigenvalue weighted by atomic mass is 10.1. The van der Waals surface area contributed by atoms with E-state index >= 15 is 0 Å². The van der Waals surface area contributed by atoms with Crippen LogP contribution in [0.5, 0.6) is 5.75 Å². The number of ketones is 1. The Labute approximate surface area is 75.3 Å². The zero-order chi connectivity index (χ0) is 10.0. The van der Waals surface area contributed by atoms with Crippen molar-refractivity contribution in [1.82, 2.24) is 0 Å². The fourth-order valence-electron chi connectivity index (χ4n) is 1.10. The Bertz CT molecular complexity index is 350. The molecular weight excluding hydrogens is 173 g/mol. The van der Waals surface area contributed by atoms with Gasteiger partial charge in [-0.15, -0.1) is 0 Å². The minimum absolute atomic E-state index is 0.132. The van der Waals surface area contributed by atoms with Crippen LogP contribution in [0.15, 0.2) is 12.1 Å². The number of carbonyl (C=O) groups excluding carboxylic acids is 1. The molecule has 13 heavy (non-hydrogen) atoms. The monoisotopic (exact) mass is 183 g/mol. The van der Waals surface area contributed by atoms with Crippen molar-refractivity contribution in [3.63, 3.8) is 0 Å². The lowest BCUT2D eigenvalue weighted by Gasteiger charge is -2.08. The fraction of sp³-hybridized carbons (Fsp3) is 0.222. The van der Waals surface area contributed by atoms with Crippen LogP contribution >= 0.6 is 0 Å². The number of nitrogen functional groups attached to an aromatic ring is 1. The van der Waals surface area contributed by atoms with Crippen molar-refractivity contribution in [2.45, 2.75) is 6.92 Å². The van der Waals surface area contributed by atoms with Gasteiger partial charge in [-0.1, -0.05) is 0 Å². The summed E-state index contributed by atoms with van der Waals surface area (Å²) in [5.41, 5.74) is 5.75. The summed E-state index contributed by atoms with van der Waals surface area (Å²) in [4.78, 5) is 11.0. The second kappa shape index (κ2) is 3.43. The summed E-state index contributed by atoms with van der Waals surface area (Å²) in [6, 6.07) is 2.22. The zero-order valence-corrected chi connectivity index (χ0v) is 7.43. The number of ether oxygens (including phenoxy) is 1. The molecule has 0 aliphatic rings. The highest BCUT2D eigenvalue weighted by atomic mass is 19.1. The maximum Gasteiger partial charge on any atom is 0.163 e. The molecule has 1 aromatic rings. The summed E-state index contributed by atoms with van der Waals surface area (Å²) in [5.74, 6) is -0.583. The van der Waals surface area contributed by atoms with Gasteiger partial charge in [-0.2, -0.15) is 0 Å². The first-order valence-electron chi connectivity index (χ1n) is 3.70. The van der Waals surface area contributed by atoms with E-state index in [0.29, 0.717) is 0 Å². The molecule has 2 N–H and O–H groups in total. The third-order valence-electron chi connectivity index (χ3n) is 1.67. The van der Waals surface area contributed by atoms with Gasteiger partial charge in [-0.3, -0.25) is 4.79 Å². The molecule has 0 heterocycles. The highest BCUT2D eigenvalue weighted by molar-refractivity contribution is 5.98. The Morgan fingerprint density at radius 2 is 2.15 bits per heavy atom. The highest BCUT2D eigenvalue weighted by Crippen LogP contribution is 2.27. The fourth-order valence-corrected chi connectivity index (χ4v) is 1.10. The molecule has 4 heteroatoms. The average Bonchev–Trinajstić information content (AvgIpc) is 2.02. The highest BCUT2D eigenvalue weighted by Gasteiger charge is 2.12. The van der Waals surface area contributed by atoms with Gasteiger partial charge in [0.25, 0.3) is 0 Å². The van der Waals surface area contributed by atoms with Crippen molar-refractivity contribution < 1.29 is 13.9 Å². The molecule has 0 amide bonds. The molecule has 0 radical (unpaired) electrons. The quantitative estimate of drug-likeness (QED) is 0.560. The number of benzene rings is 1. The van der Waals surface area contributed by atoms with Gasteiger partial charge in [0, 0.05) is 6.07 Å².